The Hall–Kier alpha value is -1.68. The Labute approximate surface area is 159 Å². The number of methoxy groups -OCH3 is 1. The topological polar surface area (TPSA) is 76.4 Å². The van der Waals surface area contributed by atoms with Gasteiger partial charge in [0.05, 0.1) is 12.2 Å². The number of ether oxygens (including phenoxy) is 1. The highest BCUT2D eigenvalue weighted by atomic mass is 127. The van der Waals surface area contributed by atoms with Crippen molar-refractivity contribution < 1.29 is 4.74 Å². The number of benzene rings is 1. The first kappa shape index (κ1) is 20.4. The van der Waals surface area contributed by atoms with E-state index in [1.165, 1.54) is 6.33 Å². The lowest BCUT2D eigenvalue weighted by molar-refractivity contribution is 0.195. The molecule has 0 radical (unpaired) electrons. The van der Waals surface area contributed by atoms with Crippen LogP contribution in [0.5, 0.6) is 0 Å². The SMILES string of the molecule is CCNC(=NCc1ccc(-n2cncn2)cc1)NCCCOC.I. The molecule has 2 N–H and O–H groups in total. The molecule has 2 aromatic rings. The number of nitrogens with one attached hydrogen (secondary N) is 2. The molecule has 24 heavy (non-hydrogen) atoms. The highest BCUT2D eigenvalue weighted by Crippen LogP contribution is 2.08. The Balaban J connectivity index is 0.00000288. The molecule has 1 aromatic carbocycles. The lowest BCUT2D eigenvalue weighted by Crippen LogP contribution is -2.38. The van der Waals surface area contributed by atoms with Crippen molar-refractivity contribution in [2.24, 2.45) is 4.99 Å². The summed E-state index contributed by atoms with van der Waals surface area (Å²) in [6, 6.07) is 8.13. The predicted molar refractivity (Wildman–Crippen MR) is 106 cm³/mol. The van der Waals surface area contributed by atoms with Gasteiger partial charge in [-0.3, -0.25) is 0 Å². The van der Waals surface area contributed by atoms with Crippen LogP contribution in [-0.2, 0) is 11.3 Å². The van der Waals surface area contributed by atoms with Gasteiger partial charge in [-0.25, -0.2) is 14.7 Å². The monoisotopic (exact) mass is 444 g/mol. The molecule has 2 rings (SSSR count). The van der Waals surface area contributed by atoms with E-state index >= 15 is 0 Å². The fraction of sp³-hybridized carbons (Fsp3) is 0.438. The Morgan fingerprint density at radius 2 is 2.04 bits per heavy atom. The van der Waals surface area contributed by atoms with Crippen molar-refractivity contribution in [3.8, 4) is 5.69 Å². The van der Waals surface area contributed by atoms with E-state index in [2.05, 4.69) is 44.8 Å². The highest BCUT2D eigenvalue weighted by Gasteiger charge is 1.99. The molecule has 8 heteroatoms. The summed E-state index contributed by atoms with van der Waals surface area (Å²) < 4.78 is 6.77. The minimum Gasteiger partial charge on any atom is -0.385 e. The van der Waals surface area contributed by atoms with Gasteiger partial charge in [0.2, 0.25) is 0 Å². The van der Waals surface area contributed by atoms with Gasteiger partial charge in [0.25, 0.3) is 0 Å². The van der Waals surface area contributed by atoms with E-state index in [0.29, 0.717) is 6.54 Å². The second-order valence-electron chi connectivity index (χ2n) is 4.97. The minimum absolute atomic E-state index is 0. The zero-order chi connectivity index (χ0) is 16.3. The smallest absolute Gasteiger partial charge is 0.191 e. The summed E-state index contributed by atoms with van der Waals surface area (Å²) in [6.45, 7) is 5.10. The molecule has 7 nitrogen and oxygen atoms in total. The lowest BCUT2D eigenvalue weighted by atomic mass is 10.2. The molecule has 132 valence electrons. The van der Waals surface area contributed by atoms with E-state index in [-0.39, 0.29) is 24.0 Å². The Kier molecular flexibility index (Phi) is 10.0. The van der Waals surface area contributed by atoms with E-state index < -0.39 is 0 Å². The molecular formula is C16H25IN6O. The fourth-order valence-electron chi connectivity index (χ4n) is 2.03. The number of guanidine groups is 1. The van der Waals surface area contributed by atoms with Gasteiger partial charge >= 0.3 is 0 Å². The third-order valence-electron chi connectivity index (χ3n) is 3.20. The van der Waals surface area contributed by atoms with E-state index in [0.717, 1.165) is 43.3 Å². The van der Waals surface area contributed by atoms with Crippen LogP contribution in [0.15, 0.2) is 41.9 Å². The third kappa shape index (κ3) is 6.83. The molecule has 0 aliphatic rings. The molecule has 0 fully saturated rings. The van der Waals surface area contributed by atoms with Crippen molar-refractivity contribution >= 4 is 29.9 Å². The summed E-state index contributed by atoms with van der Waals surface area (Å²) >= 11 is 0. The summed E-state index contributed by atoms with van der Waals surface area (Å²) in [5.41, 5.74) is 2.13. The van der Waals surface area contributed by atoms with Gasteiger partial charge in [-0.15, -0.1) is 24.0 Å². The molecule has 0 amide bonds. The summed E-state index contributed by atoms with van der Waals surface area (Å²) in [7, 11) is 1.71. The zero-order valence-electron chi connectivity index (χ0n) is 14.1. The van der Waals surface area contributed by atoms with Crippen molar-refractivity contribution in [3.63, 3.8) is 0 Å². The Morgan fingerprint density at radius 3 is 2.67 bits per heavy atom. The first-order chi connectivity index (χ1) is 11.3. The van der Waals surface area contributed by atoms with E-state index in [1.54, 1.807) is 18.1 Å². The summed E-state index contributed by atoms with van der Waals surface area (Å²) in [6.07, 6.45) is 4.16. The Bertz CT molecular complexity index is 585. The number of nitrogens with zero attached hydrogens (tertiary/aromatic N) is 4. The van der Waals surface area contributed by atoms with Crippen LogP contribution in [0.3, 0.4) is 0 Å². The Morgan fingerprint density at radius 1 is 1.25 bits per heavy atom. The van der Waals surface area contributed by atoms with E-state index in [1.807, 2.05) is 12.1 Å². The van der Waals surface area contributed by atoms with Crippen LogP contribution < -0.4 is 10.6 Å². The van der Waals surface area contributed by atoms with Crippen LogP contribution in [0, 0.1) is 0 Å². The van der Waals surface area contributed by atoms with E-state index in [9.17, 15) is 0 Å². The van der Waals surface area contributed by atoms with Gasteiger partial charge in [-0.2, -0.15) is 5.10 Å². The van der Waals surface area contributed by atoms with Crippen LogP contribution in [0.25, 0.3) is 5.69 Å². The first-order valence-electron chi connectivity index (χ1n) is 7.78. The van der Waals surface area contributed by atoms with Crippen molar-refractivity contribution in [3.05, 3.63) is 42.5 Å². The van der Waals surface area contributed by atoms with Gasteiger partial charge in [-0.1, -0.05) is 12.1 Å². The van der Waals surface area contributed by atoms with Crippen molar-refractivity contribution in [2.75, 3.05) is 26.8 Å². The van der Waals surface area contributed by atoms with Crippen LogP contribution in [0.2, 0.25) is 0 Å². The van der Waals surface area contributed by atoms with Gasteiger partial charge < -0.3 is 15.4 Å². The maximum Gasteiger partial charge on any atom is 0.191 e. The quantitative estimate of drug-likeness (QED) is 0.282. The number of hydrogen-bond donors (Lipinski definition) is 2. The maximum atomic E-state index is 5.04. The predicted octanol–water partition coefficient (Wildman–Crippen LogP) is 1.98. The van der Waals surface area contributed by atoms with Crippen LogP contribution in [0.1, 0.15) is 18.9 Å². The standard InChI is InChI=1S/C16H24N6O.HI/c1-3-18-16(19-9-4-10-23-2)20-11-14-5-7-15(8-6-14)22-13-17-12-21-22;/h5-8,12-13H,3-4,9-11H2,1-2H3,(H2,18,19,20);1H. The molecule has 0 unspecified atom stereocenters. The van der Waals surface area contributed by atoms with Crippen LogP contribution in [0.4, 0.5) is 0 Å². The summed E-state index contributed by atoms with van der Waals surface area (Å²) in [4.78, 5) is 8.54. The molecule has 0 atom stereocenters. The van der Waals surface area contributed by atoms with Crippen LogP contribution in [-0.4, -0.2) is 47.5 Å². The second-order valence-corrected chi connectivity index (χ2v) is 4.97. The molecule has 0 aliphatic heterocycles. The van der Waals surface area contributed by atoms with Gasteiger partial charge in [0.1, 0.15) is 12.7 Å². The molecule has 0 bridgehead atoms. The largest absolute Gasteiger partial charge is 0.385 e. The molecule has 0 aliphatic carbocycles. The molecular weight excluding hydrogens is 419 g/mol. The minimum atomic E-state index is 0. The lowest BCUT2D eigenvalue weighted by Gasteiger charge is -2.11. The van der Waals surface area contributed by atoms with Gasteiger partial charge in [-0.05, 0) is 31.0 Å². The van der Waals surface area contributed by atoms with Gasteiger partial charge in [0, 0.05) is 26.8 Å². The normalized spacial score (nSPS) is 11.0. The van der Waals surface area contributed by atoms with Crippen molar-refractivity contribution in [1.82, 2.24) is 25.4 Å². The molecule has 1 aromatic heterocycles. The number of hydrogen-bond acceptors (Lipinski definition) is 4. The van der Waals surface area contributed by atoms with Crippen molar-refractivity contribution in [2.45, 2.75) is 19.9 Å². The number of halogens is 1. The number of rotatable bonds is 8. The molecule has 0 saturated heterocycles. The summed E-state index contributed by atoms with van der Waals surface area (Å²) in [5.74, 6) is 0.823. The third-order valence-corrected chi connectivity index (χ3v) is 3.20. The number of aliphatic imine (C=N–C) groups is 1. The van der Waals surface area contributed by atoms with Crippen LogP contribution >= 0.6 is 24.0 Å². The second kappa shape index (κ2) is 11.8. The van der Waals surface area contributed by atoms with Crippen molar-refractivity contribution in [1.29, 1.82) is 0 Å². The first-order valence-corrected chi connectivity index (χ1v) is 7.78. The molecule has 0 spiro atoms. The average molecular weight is 444 g/mol. The number of aromatic nitrogens is 3. The molecule has 0 saturated carbocycles. The maximum absolute atomic E-state index is 5.04. The average Bonchev–Trinajstić information content (AvgIpc) is 3.11. The summed E-state index contributed by atoms with van der Waals surface area (Å²) in [5, 5.41) is 10.6. The molecule has 1 heterocycles. The fourth-order valence-corrected chi connectivity index (χ4v) is 2.03. The zero-order valence-corrected chi connectivity index (χ0v) is 16.4. The highest BCUT2D eigenvalue weighted by molar-refractivity contribution is 14.0. The van der Waals surface area contributed by atoms with Gasteiger partial charge in [0.15, 0.2) is 5.96 Å². The van der Waals surface area contributed by atoms with E-state index in [4.69, 9.17) is 4.74 Å².